The molecule has 0 bridgehead atoms. The maximum Gasteiger partial charge on any atom is 0.379 e. The van der Waals surface area contributed by atoms with Gasteiger partial charge in [-0.25, -0.2) is 4.79 Å². The largest absolute Gasteiger partial charge is 0.460 e. The molecule has 0 saturated carbocycles. The first-order valence-corrected chi connectivity index (χ1v) is 4.46. The van der Waals surface area contributed by atoms with Crippen LogP contribution in [0.2, 0.25) is 0 Å². The molecule has 1 aromatic rings. The molecule has 0 fully saturated rings. The van der Waals surface area contributed by atoms with Gasteiger partial charge < -0.3 is 19.7 Å². The number of aromatic nitrogens is 2. The van der Waals surface area contributed by atoms with Crippen LogP contribution in [-0.2, 0) is 9.47 Å². The fraction of sp³-hybridized carbons (Fsp3) is 0.625. The van der Waals surface area contributed by atoms with E-state index in [1.165, 1.54) is 7.11 Å². The number of carbonyl (C=O) groups excluding carboxylic acids is 1. The SMILES string of the molecule is CCOC(=O)c1noc(C(CN)OC)n1. The predicted octanol–water partition coefficient (Wildman–Crippen LogP) is -0.108. The fourth-order valence-corrected chi connectivity index (χ4v) is 0.942. The topological polar surface area (TPSA) is 100 Å². The maximum absolute atomic E-state index is 11.2. The van der Waals surface area contributed by atoms with Crippen molar-refractivity contribution >= 4 is 5.97 Å². The van der Waals surface area contributed by atoms with Crippen molar-refractivity contribution in [2.45, 2.75) is 13.0 Å². The van der Waals surface area contributed by atoms with Crippen molar-refractivity contribution in [2.24, 2.45) is 5.73 Å². The minimum Gasteiger partial charge on any atom is -0.460 e. The van der Waals surface area contributed by atoms with Crippen LogP contribution in [-0.4, -0.2) is 36.4 Å². The molecule has 2 N–H and O–H groups in total. The first-order valence-electron chi connectivity index (χ1n) is 4.46. The Morgan fingerprint density at radius 3 is 2.93 bits per heavy atom. The Hall–Kier alpha value is -1.47. The second kappa shape index (κ2) is 5.42. The molecule has 1 rings (SSSR count). The van der Waals surface area contributed by atoms with Gasteiger partial charge >= 0.3 is 5.97 Å². The highest BCUT2D eigenvalue weighted by molar-refractivity contribution is 5.84. The molecule has 0 aliphatic carbocycles. The quantitative estimate of drug-likeness (QED) is 0.684. The molecule has 15 heavy (non-hydrogen) atoms. The third-order valence-electron chi connectivity index (χ3n) is 1.67. The molecule has 1 heterocycles. The van der Waals surface area contributed by atoms with Crippen LogP contribution in [0.1, 0.15) is 29.5 Å². The van der Waals surface area contributed by atoms with E-state index in [9.17, 15) is 4.79 Å². The number of ether oxygens (including phenoxy) is 2. The van der Waals surface area contributed by atoms with Gasteiger partial charge in [0.25, 0.3) is 11.7 Å². The molecule has 0 aliphatic rings. The summed E-state index contributed by atoms with van der Waals surface area (Å²) in [5, 5.41) is 3.46. The molecule has 0 aliphatic heterocycles. The first kappa shape index (κ1) is 11.6. The lowest BCUT2D eigenvalue weighted by Crippen LogP contribution is -2.15. The van der Waals surface area contributed by atoms with Crippen molar-refractivity contribution in [3.63, 3.8) is 0 Å². The van der Waals surface area contributed by atoms with Gasteiger partial charge in [-0.3, -0.25) is 0 Å². The van der Waals surface area contributed by atoms with E-state index in [0.717, 1.165) is 0 Å². The Kier molecular flexibility index (Phi) is 4.19. The Bertz CT molecular complexity index is 321. The highest BCUT2D eigenvalue weighted by atomic mass is 16.5. The summed E-state index contributed by atoms with van der Waals surface area (Å²) in [5.74, 6) is -0.579. The lowest BCUT2D eigenvalue weighted by Gasteiger charge is -2.05. The predicted molar refractivity (Wildman–Crippen MR) is 49.1 cm³/mol. The van der Waals surface area contributed by atoms with E-state index in [0.29, 0.717) is 0 Å². The van der Waals surface area contributed by atoms with Crippen LogP contribution in [0.25, 0.3) is 0 Å². The number of hydrogen-bond acceptors (Lipinski definition) is 7. The number of carbonyl (C=O) groups is 1. The molecule has 7 nitrogen and oxygen atoms in total. The second-order valence-electron chi connectivity index (χ2n) is 2.64. The fourth-order valence-electron chi connectivity index (χ4n) is 0.942. The van der Waals surface area contributed by atoms with Gasteiger partial charge in [0.15, 0.2) is 0 Å². The average molecular weight is 215 g/mol. The molecule has 1 aromatic heterocycles. The summed E-state index contributed by atoms with van der Waals surface area (Å²) in [6.07, 6.45) is -0.499. The average Bonchev–Trinajstić information content (AvgIpc) is 2.69. The summed E-state index contributed by atoms with van der Waals surface area (Å²) in [6.45, 7) is 2.14. The van der Waals surface area contributed by atoms with Crippen molar-refractivity contribution in [2.75, 3.05) is 20.3 Å². The van der Waals surface area contributed by atoms with Gasteiger partial charge in [-0.1, -0.05) is 0 Å². The summed E-state index contributed by atoms with van der Waals surface area (Å²) < 4.78 is 14.5. The molecule has 0 amide bonds. The summed E-state index contributed by atoms with van der Waals surface area (Å²) in [7, 11) is 1.46. The van der Waals surface area contributed by atoms with Crippen molar-refractivity contribution in [3.8, 4) is 0 Å². The van der Waals surface area contributed by atoms with Crippen LogP contribution >= 0.6 is 0 Å². The summed E-state index contributed by atoms with van der Waals surface area (Å²) in [6, 6.07) is 0. The highest BCUT2D eigenvalue weighted by Crippen LogP contribution is 2.12. The van der Waals surface area contributed by atoms with E-state index >= 15 is 0 Å². The van der Waals surface area contributed by atoms with E-state index < -0.39 is 12.1 Å². The zero-order valence-electron chi connectivity index (χ0n) is 8.60. The van der Waals surface area contributed by atoms with Gasteiger partial charge in [0.05, 0.1) is 6.61 Å². The maximum atomic E-state index is 11.2. The molecule has 1 unspecified atom stereocenters. The molecule has 0 radical (unpaired) electrons. The second-order valence-corrected chi connectivity index (χ2v) is 2.64. The van der Waals surface area contributed by atoms with Gasteiger partial charge in [0, 0.05) is 13.7 Å². The van der Waals surface area contributed by atoms with Crippen LogP contribution < -0.4 is 5.73 Å². The lowest BCUT2D eigenvalue weighted by molar-refractivity contribution is 0.0508. The smallest absolute Gasteiger partial charge is 0.379 e. The summed E-state index contributed by atoms with van der Waals surface area (Å²) in [4.78, 5) is 15.0. The van der Waals surface area contributed by atoms with Gasteiger partial charge in [-0.05, 0) is 12.1 Å². The lowest BCUT2D eigenvalue weighted by atomic mass is 10.3. The third kappa shape index (κ3) is 2.74. The van der Waals surface area contributed by atoms with E-state index in [1.807, 2.05) is 0 Å². The van der Waals surface area contributed by atoms with E-state index in [2.05, 4.69) is 10.1 Å². The molecule has 84 valence electrons. The van der Waals surface area contributed by atoms with Gasteiger partial charge in [-0.15, -0.1) is 0 Å². The Morgan fingerprint density at radius 2 is 2.40 bits per heavy atom. The van der Waals surface area contributed by atoms with Crippen molar-refractivity contribution in [1.29, 1.82) is 0 Å². The molecule has 7 heteroatoms. The zero-order valence-corrected chi connectivity index (χ0v) is 8.60. The third-order valence-corrected chi connectivity index (χ3v) is 1.67. The Morgan fingerprint density at radius 1 is 1.67 bits per heavy atom. The highest BCUT2D eigenvalue weighted by Gasteiger charge is 2.20. The zero-order chi connectivity index (χ0) is 11.3. The summed E-state index contributed by atoms with van der Waals surface area (Å²) >= 11 is 0. The van der Waals surface area contributed by atoms with E-state index in [1.54, 1.807) is 6.92 Å². The Balaban J connectivity index is 2.75. The minimum atomic E-state index is -0.626. The van der Waals surface area contributed by atoms with Gasteiger partial charge in [0.1, 0.15) is 6.10 Å². The number of nitrogens with two attached hydrogens (primary N) is 1. The number of methoxy groups -OCH3 is 1. The van der Waals surface area contributed by atoms with Gasteiger partial charge in [0.2, 0.25) is 0 Å². The minimum absolute atomic E-state index is 0.123. The van der Waals surface area contributed by atoms with Crippen LogP contribution in [0.15, 0.2) is 4.52 Å². The van der Waals surface area contributed by atoms with Gasteiger partial charge in [-0.2, -0.15) is 4.98 Å². The molecular weight excluding hydrogens is 202 g/mol. The van der Waals surface area contributed by atoms with Crippen molar-refractivity contribution < 1.29 is 18.8 Å². The van der Waals surface area contributed by atoms with Crippen LogP contribution in [0.3, 0.4) is 0 Å². The first-order chi connectivity index (χ1) is 7.22. The molecule has 0 saturated heterocycles. The van der Waals surface area contributed by atoms with Crippen molar-refractivity contribution in [1.82, 2.24) is 10.1 Å². The molecule has 0 aromatic carbocycles. The van der Waals surface area contributed by atoms with Crippen molar-refractivity contribution in [3.05, 3.63) is 11.7 Å². The van der Waals surface area contributed by atoms with Crippen LogP contribution in [0.5, 0.6) is 0 Å². The summed E-state index contributed by atoms with van der Waals surface area (Å²) in [5.41, 5.74) is 5.39. The van der Waals surface area contributed by atoms with E-state index in [4.69, 9.17) is 19.7 Å². The van der Waals surface area contributed by atoms with Crippen LogP contribution in [0.4, 0.5) is 0 Å². The van der Waals surface area contributed by atoms with E-state index in [-0.39, 0.29) is 24.9 Å². The molecule has 1 atom stereocenters. The number of rotatable bonds is 5. The monoisotopic (exact) mass is 215 g/mol. The number of hydrogen-bond donors (Lipinski definition) is 1. The standard InChI is InChI=1S/C8H13N3O4/c1-3-14-8(12)6-10-7(15-11-6)5(4-9)13-2/h5H,3-4,9H2,1-2H3. The van der Waals surface area contributed by atoms with Crippen LogP contribution in [0, 0.1) is 0 Å². The Labute approximate surface area is 86.5 Å². The number of nitrogens with zero attached hydrogens (tertiary/aromatic N) is 2. The molecular formula is C8H13N3O4. The molecule has 0 spiro atoms. The normalized spacial score (nSPS) is 12.5. The number of esters is 1.